The fourth-order valence-corrected chi connectivity index (χ4v) is 4.94. The van der Waals surface area contributed by atoms with E-state index >= 15 is 0 Å². The molecular weight excluding hydrogens is 402 g/mol. The third-order valence-electron chi connectivity index (χ3n) is 3.94. The molecule has 146 valence electrons. The lowest BCUT2D eigenvalue weighted by atomic mass is 10.1. The van der Waals surface area contributed by atoms with Gasteiger partial charge in [-0.2, -0.15) is 4.72 Å². The van der Waals surface area contributed by atoms with Gasteiger partial charge in [-0.05, 0) is 44.0 Å². The van der Waals surface area contributed by atoms with Crippen molar-refractivity contribution in [1.29, 1.82) is 0 Å². The number of rotatable bonds is 6. The van der Waals surface area contributed by atoms with E-state index in [0.29, 0.717) is 24.4 Å². The standard InChI is InChI=1S/C15H22ClN3O5S2/c1-11(17-26(23,24)14-7-5-12(16)6-8-14)15(20)19-9-3-4-13(10-19)18-25(2,21)22/h5-8,11,13,17-18H,3-4,9-10H2,1-2H3/t11-,13?/m0/s1. The molecule has 1 amide bonds. The lowest BCUT2D eigenvalue weighted by Crippen LogP contribution is -2.54. The minimum Gasteiger partial charge on any atom is -0.340 e. The van der Waals surface area contributed by atoms with E-state index in [4.69, 9.17) is 11.6 Å². The van der Waals surface area contributed by atoms with Gasteiger partial charge in [-0.15, -0.1) is 0 Å². The Labute approximate surface area is 159 Å². The number of halogens is 1. The number of likely N-dealkylation sites (tertiary alicyclic amines) is 1. The van der Waals surface area contributed by atoms with Gasteiger partial charge >= 0.3 is 0 Å². The molecule has 2 atom stereocenters. The quantitative estimate of drug-likeness (QED) is 0.693. The molecule has 8 nitrogen and oxygen atoms in total. The molecule has 1 aliphatic rings. The van der Waals surface area contributed by atoms with Gasteiger partial charge < -0.3 is 4.90 Å². The van der Waals surface area contributed by atoms with Gasteiger partial charge in [0.05, 0.1) is 17.2 Å². The largest absolute Gasteiger partial charge is 0.340 e. The minimum absolute atomic E-state index is 0.0109. The molecule has 2 N–H and O–H groups in total. The SMILES string of the molecule is C[C@H](NS(=O)(=O)c1ccc(Cl)cc1)C(=O)N1CCCC(NS(C)(=O)=O)C1. The summed E-state index contributed by atoms with van der Waals surface area (Å²) in [5.74, 6) is -0.400. The van der Waals surface area contributed by atoms with Gasteiger partial charge in [-0.1, -0.05) is 11.6 Å². The van der Waals surface area contributed by atoms with Crippen LogP contribution in [-0.4, -0.2) is 59.1 Å². The van der Waals surface area contributed by atoms with Crippen LogP contribution in [0.3, 0.4) is 0 Å². The number of amides is 1. The normalized spacial score (nSPS) is 20.0. The molecule has 1 saturated heterocycles. The zero-order valence-electron chi connectivity index (χ0n) is 14.5. The van der Waals surface area contributed by atoms with Crippen molar-refractivity contribution in [2.24, 2.45) is 0 Å². The molecule has 1 aromatic rings. The third-order valence-corrected chi connectivity index (χ3v) is 6.51. The lowest BCUT2D eigenvalue weighted by Gasteiger charge is -2.34. The Morgan fingerprint density at radius 3 is 2.42 bits per heavy atom. The van der Waals surface area contributed by atoms with E-state index in [1.54, 1.807) is 0 Å². The molecule has 0 radical (unpaired) electrons. The molecule has 1 fully saturated rings. The van der Waals surface area contributed by atoms with Gasteiger partial charge in [-0.3, -0.25) is 4.79 Å². The van der Waals surface area contributed by atoms with Crippen LogP contribution in [0, 0.1) is 0 Å². The van der Waals surface area contributed by atoms with Crippen LogP contribution in [0.4, 0.5) is 0 Å². The van der Waals surface area contributed by atoms with Crippen LogP contribution >= 0.6 is 11.6 Å². The maximum Gasteiger partial charge on any atom is 0.241 e. The molecule has 11 heteroatoms. The molecule has 0 bridgehead atoms. The van der Waals surface area contributed by atoms with Gasteiger partial charge in [-0.25, -0.2) is 21.6 Å². The highest BCUT2D eigenvalue weighted by Crippen LogP contribution is 2.16. The maximum atomic E-state index is 12.6. The summed E-state index contributed by atoms with van der Waals surface area (Å²) < 4.78 is 52.3. The van der Waals surface area contributed by atoms with Crippen molar-refractivity contribution in [1.82, 2.24) is 14.3 Å². The van der Waals surface area contributed by atoms with Crippen molar-refractivity contribution in [2.45, 2.75) is 36.7 Å². The van der Waals surface area contributed by atoms with E-state index in [1.807, 2.05) is 0 Å². The molecule has 0 saturated carbocycles. The van der Waals surface area contributed by atoms with E-state index in [1.165, 1.54) is 36.1 Å². The number of carbonyl (C=O) groups excluding carboxylic acids is 1. The van der Waals surface area contributed by atoms with E-state index in [0.717, 1.165) is 6.26 Å². The number of nitrogens with zero attached hydrogens (tertiary/aromatic N) is 1. The Hall–Kier alpha value is -1.20. The first-order valence-electron chi connectivity index (χ1n) is 8.02. The predicted molar refractivity (Wildman–Crippen MR) is 98.8 cm³/mol. The van der Waals surface area contributed by atoms with Gasteiger partial charge in [0.2, 0.25) is 26.0 Å². The average molecular weight is 424 g/mol. The van der Waals surface area contributed by atoms with Gasteiger partial charge in [0.15, 0.2) is 0 Å². The zero-order valence-corrected chi connectivity index (χ0v) is 16.9. The minimum atomic E-state index is -3.87. The van der Waals surface area contributed by atoms with Crippen molar-refractivity contribution >= 4 is 37.6 Å². The van der Waals surface area contributed by atoms with Gasteiger partial charge in [0.1, 0.15) is 0 Å². The van der Waals surface area contributed by atoms with Crippen molar-refractivity contribution in [3.8, 4) is 0 Å². The van der Waals surface area contributed by atoms with E-state index in [2.05, 4.69) is 9.44 Å². The molecule has 0 spiro atoms. The van der Waals surface area contributed by atoms with E-state index in [-0.39, 0.29) is 17.5 Å². The highest BCUT2D eigenvalue weighted by molar-refractivity contribution is 7.89. The first kappa shape index (κ1) is 21.1. The van der Waals surface area contributed by atoms with Crippen molar-refractivity contribution in [2.75, 3.05) is 19.3 Å². The second kappa shape index (κ2) is 8.22. The average Bonchev–Trinajstić information content (AvgIpc) is 2.52. The van der Waals surface area contributed by atoms with E-state index < -0.39 is 32.0 Å². The summed E-state index contributed by atoms with van der Waals surface area (Å²) in [7, 11) is -7.24. The van der Waals surface area contributed by atoms with Crippen molar-refractivity contribution < 1.29 is 21.6 Å². The smallest absolute Gasteiger partial charge is 0.241 e. The summed E-state index contributed by atoms with van der Waals surface area (Å²) in [4.78, 5) is 14.1. The van der Waals surface area contributed by atoms with Crippen LogP contribution in [0.25, 0.3) is 0 Å². The predicted octanol–water partition coefficient (Wildman–Crippen LogP) is 0.547. The molecule has 2 rings (SSSR count). The lowest BCUT2D eigenvalue weighted by molar-refractivity contribution is -0.133. The Morgan fingerprint density at radius 1 is 1.23 bits per heavy atom. The molecule has 0 aromatic heterocycles. The number of sulfonamides is 2. The Bertz CT molecular complexity index is 856. The first-order chi connectivity index (χ1) is 12.0. The molecule has 1 aliphatic heterocycles. The topological polar surface area (TPSA) is 113 Å². The highest BCUT2D eigenvalue weighted by Gasteiger charge is 2.30. The molecule has 26 heavy (non-hydrogen) atoms. The molecule has 1 unspecified atom stereocenters. The van der Waals surface area contributed by atoms with Crippen LogP contribution < -0.4 is 9.44 Å². The zero-order chi connectivity index (χ0) is 19.5. The molecule has 1 heterocycles. The Balaban J connectivity index is 2.03. The van der Waals surface area contributed by atoms with Gasteiger partial charge in [0, 0.05) is 24.2 Å². The summed E-state index contributed by atoms with van der Waals surface area (Å²) in [6.07, 6.45) is 2.33. The van der Waals surface area contributed by atoms with Crippen LogP contribution in [0.1, 0.15) is 19.8 Å². The second-order valence-electron chi connectivity index (χ2n) is 6.31. The number of benzene rings is 1. The number of piperidine rings is 1. The fraction of sp³-hybridized carbons (Fsp3) is 0.533. The monoisotopic (exact) mass is 423 g/mol. The van der Waals surface area contributed by atoms with Crippen LogP contribution in [0.2, 0.25) is 5.02 Å². The maximum absolute atomic E-state index is 12.6. The van der Waals surface area contributed by atoms with Crippen LogP contribution in [0.5, 0.6) is 0 Å². The molecular formula is C15H22ClN3O5S2. The van der Waals surface area contributed by atoms with Crippen molar-refractivity contribution in [3.63, 3.8) is 0 Å². The third kappa shape index (κ3) is 5.92. The van der Waals surface area contributed by atoms with Gasteiger partial charge in [0.25, 0.3) is 0 Å². The molecule has 1 aromatic carbocycles. The number of nitrogens with one attached hydrogen (secondary N) is 2. The number of hydrogen-bond donors (Lipinski definition) is 2. The number of hydrogen-bond acceptors (Lipinski definition) is 5. The Morgan fingerprint density at radius 2 is 1.85 bits per heavy atom. The summed E-state index contributed by atoms with van der Waals surface area (Å²) >= 11 is 5.75. The van der Waals surface area contributed by atoms with E-state index in [9.17, 15) is 21.6 Å². The first-order valence-corrected chi connectivity index (χ1v) is 11.8. The second-order valence-corrected chi connectivity index (χ2v) is 10.2. The summed E-state index contributed by atoms with van der Waals surface area (Å²) in [5.41, 5.74) is 0. The Kier molecular flexibility index (Phi) is 6.67. The fourth-order valence-electron chi connectivity index (χ4n) is 2.82. The number of carbonyl (C=O) groups is 1. The van der Waals surface area contributed by atoms with Crippen LogP contribution in [0.15, 0.2) is 29.2 Å². The van der Waals surface area contributed by atoms with Crippen molar-refractivity contribution in [3.05, 3.63) is 29.3 Å². The summed E-state index contributed by atoms with van der Waals surface area (Å²) in [6, 6.07) is 4.27. The summed E-state index contributed by atoms with van der Waals surface area (Å²) in [5, 5.41) is 0.408. The highest BCUT2D eigenvalue weighted by atomic mass is 35.5. The molecule has 0 aliphatic carbocycles. The summed E-state index contributed by atoms with van der Waals surface area (Å²) in [6.45, 7) is 2.12. The van der Waals surface area contributed by atoms with Crippen LogP contribution in [-0.2, 0) is 24.8 Å².